The van der Waals surface area contributed by atoms with Crippen LogP contribution in [-0.2, 0) is 9.47 Å². The van der Waals surface area contributed by atoms with Crippen LogP contribution in [0.1, 0.15) is 106 Å². The van der Waals surface area contributed by atoms with Gasteiger partial charge in [0.25, 0.3) is 0 Å². The minimum absolute atomic E-state index is 0.0361. The van der Waals surface area contributed by atoms with Crippen LogP contribution in [0.25, 0.3) is 0 Å². The standard InChI is InChI=1S/C36H60O8/c1-31(2)13-15-36(19-38)16-14-34(5)21(22(36)17-31)7-8-25-32(3)11-10-26-33(4,24(32)9-12-35(25,34)6)20-43-30(44-26)29(42)28(41)27(40)23(39)18-37/h7,22-30,37-42H,8-20H2,1-6H3/t22-,23+,24+,25+,26-,27+,28-,29+,30+,32-,33-,34+,35+,36+/m0/s1. The van der Waals surface area contributed by atoms with Gasteiger partial charge in [0, 0.05) is 17.4 Å². The predicted octanol–water partition coefficient (Wildman–Crippen LogP) is 3.94. The third kappa shape index (κ3) is 4.59. The van der Waals surface area contributed by atoms with E-state index in [0.717, 1.165) is 51.4 Å². The van der Waals surface area contributed by atoms with Crippen molar-refractivity contribution in [3.8, 4) is 0 Å². The SMILES string of the molecule is CC1(C)CC[C@]2(CO)CC[C@]3(C)C(=CC[C@@H]4[C@@]5(C)CC[C@@H]6O[C@H]([C@H](O)[C@@H](O)[C@H](O)[C@H](O)CO)OC[C@@]6(C)[C@@H]5CC[C@]43C)[C@@H]2C1. The van der Waals surface area contributed by atoms with Gasteiger partial charge in [-0.05, 0) is 104 Å². The van der Waals surface area contributed by atoms with Crippen molar-refractivity contribution in [2.45, 2.75) is 143 Å². The van der Waals surface area contributed by atoms with Gasteiger partial charge in [0.05, 0.1) is 19.3 Å². The molecular weight excluding hydrogens is 560 g/mol. The molecule has 0 amide bonds. The summed E-state index contributed by atoms with van der Waals surface area (Å²) in [5.41, 5.74) is 2.11. The molecule has 0 spiro atoms. The van der Waals surface area contributed by atoms with Crippen molar-refractivity contribution in [3.63, 3.8) is 0 Å². The summed E-state index contributed by atoms with van der Waals surface area (Å²) in [4.78, 5) is 0. The highest BCUT2D eigenvalue weighted by Gasteiger charge is 2.69. The number of ether oxygens (including phenoxy) is 2. The van der Waals surface area contributed by atoms with Crippen molar-refractivity contribution >= 4 is 0 Å². The van der Waals surface area contributed by atoms with Crippen LogP contribution in [0.5, 0.6) is 0 Å². The maximum absolute atomic E-state index is 10.8. The van der Waals surface area contributed by atoms with Crippen molar-refractivity contribution < 1.29 is 40.1 Å². The van der Waals surface area contributed by atoms with Crippen LogP contribution < -0.4 is 0 Å². The third-order valence-electron chi connectivity index (χ3n) is 15.3. The number of fused-ring (bicyclic) bond motifs is 9. The molecule has 0 bridgehead atoms. The van der Waals surface area contributed by atoms with E-state index in [1.54, 1.807) is 5.57 Å². The fourth-order valence-corrected chi connectivity index (χ4v) is 12.2. The van der Waals surface area contributed by atoms with Gasteiger partial charge in [0.15, 0.2) is 6.29 Å². The van der Waals surface area contributed by atoms with Crippen LogP contribution >= 0.6 is 0 Å². The molecule has 5 aliphatic carbocycles. The van der Waals surface area contributed by atoms with Crippen molar-refractivity contribution in [1.82, 2.24) is 0 Å². The number of allylic oxidation sites excluding steroid dienone is 2. The molecule has 44 heavy (non-hydrogen) atoms. The highest BCUT2D eigenvalue weighted by atomic mass is 16.7. The topological polar surface area (TPSA) is 140 Å². The van der Waals surface area contributed by atoms with Crippen LogP contribution in [0, 0.1) is 50.2 Å². The Bertz CT molecular complexity index is 1130. The second-order valence-corrected chi connectivity index (χ2v) is 17.8. The van der Waals surface area contributed by atoms with Crippen LogP contribution in [0.4, 0.5) is 0 Å². The molecule has 6 N–H and O–H groups in total. The molecule has 0 aromatic carbocycles. The largest absolute Gasteiger partial charge is 0.396 e. The Labute approximate surface area is 264 Å². The van der Waals surface area contributed by atoms with E-state index in [2.05, 4.69) is 47.6 Å². The van der Waals surface area contributed by atoms with Crippen molar-refractivity contribution in [2.24, 2.45) is 50.2 Å². The van der Waals surface area contributed by atoms with Crippen molar-refractivity contribution in [2.75, 3.05) is 19.8 Å². The second kappa shape index (κ2) is 11.0. The lowest BCUT2D eigenvalue weighted by Crippen LogP contribution is -2.68. The average molecular weight is 621 g/mol. The molecule has 14 atom stereocenters. The number of rotatable bonds is 6. The molecule has 1 aliphatic heterocycles. The number of aliphatic hydroxyl groups excluding tert-OH is 6. The monoisotopic (exact) mass is 620 g/mol. The van der Waals surface area contributed by atoms with E-state index >= 15 is 0 Å². The number of hydrogen-bond donors (Lipinski definition) is 6. The zero-order valence-corrected chi connectivity index (χ0v) is 28.0. The van der Waals surface area contributed by atoms with Crippen LogP contribution in [0.2, 0.25) is 0 Å². The summed E-state index contributed by atoms with van der Waals surface area (Å²) >= 11 is 0. The minimum atomic E-state index is -1.71. The maximum Gasteiger partial charge on any atom is 0.186 e. The molecule has 4 saturated carbocycles. The molecule has 5 fully saturated rings. The normalized spacial score (nSPS) is 50.8. The highest BCUT2D eigenvalue weighted by Crippen LogP contribution is 2.76. The second-order valence-electron chi connectivity index (χ2n) is 17.8. The number of hydrogen-bond acceptors (Lipinski definition) is 8. The zero-order valence-electron chi connectivity index (χ0n) is 28.0. The first kappa shape index (κ1) is 33.3. The quantitative estimate of drug-likeness (QED) is 0.246. The minimum Gasteiger partial charge on any atom is -0.396 e. The molecule has 6 aliphatic rings. The molecule has 0 unspecified atom stereocenters. The molecule has 6 rings (SSSR count). The van der Waals surface area contributed by atoms with E-state index in [-0.39, 0.29) is 33.2 Å². The molecule has 1 saturated heterocycles. The summed E-state index contributed by atoms with van der Waals surface area (Å²) in [5, 5.41) is 61.2. The van der Waals surface area contributed by atoms with Gasteiger partial charge in [-0.15, -0.1) is 0 Å². The molecule has 0 radical (unpaired) electrons. The van der Waals surface area contributed by atoms with E-state index in [0.29, 0.717) is 36.4 Å². The summed E-state index contributed by atoms with van der Waals surface area (Å²) in [6.07, 6.45) is 5.73. The summed E-state index contributed by atoms with van der Waals surface area (Å²) in [6, 6.07) is 0. The Morgan fingerprint density at radius 1 is 0.818 bits per heavy atom. The predicted molar refractivity (Wildman–Crippen MR) is 166 cm³/mol. The lowest BCUT2D eigenvalue weighted by Gasteiger charge is -2.72. The molecule has 8 nitrogen and oxygen atoms in total. The Morgan fingerprint density at radius 3 is 2.20 bits per heavy atom. The fourth-order valence-electron chi connectivity index (χ4n) is 12.2. The van der Waals surface area contributed by atoms with E-state index in [4.69, 9.17) is 14.6 Å². The first-order valence-electron chi connectivity index (χ1n) is 17.4. The van der Waals surface area contributed by atoms with Gasteiger partial charge in [0.2, 0.25) is 0 Å². The van der Waals surface area contributed by atoms with Crippen LogP contribution in [-0.4, -0.2) is 87.3 Å². The highest BCUT2D eigenvalue weighted by molar-refractivity contribution is 5.34. The van der Waals surface area contributed by atoms with Crippen molar-refractivity contribution in [1.29, 1.82) is 0 Å². The summed E-state index contributed by atoms with van der Waals surface area (Å²) < 4.78 is 12.5. The van der Waals surface area contributed by atoms with E-state index in [1.807, 2.05) is 0 Å². The van der Waals surface area contributed by atoms with Gasteiger partial charge in [-0.2, -0.15) is 0 Å². The Balaban J connectivity index is 1.25. The third-order valence-corrected chi connectivity index (χ3v) is 15.3. The zero-order chi connectivity index (χ0) is 32.1. The molecule has 0 aromatic heterocycles. The summed E-state index contributed by atoms with van der Waals surface area (Å²) in [5.74, 6) is 1.37. The fraction of sp³-hybridized carbons (Fsp3) is 0.944. The van der Waals surface area contributed by atoms with Gasteiger partial charge >= 0.3 is 0 Å². The molecule has 252 valence electrons. The van der Waals surface area contributed by atoms with E-state index in [1.165, 1.54) is 12.8 Å². The summed E-state index contributed by atoms with van der Waals surface area (Å²) in [7, 11) is 0. The number of aliphatic hydroxyl groups is 6. The van der Waals surface area contributed by atoms with Gasteiger partial charge in [-0.1, -0.05) is 53.2 Å². The van der Waals surface area contributed by atoms with Crippen molar-refractivity contribution in [3.05, 3.63) is 11.6 Å². The van der Waals surface area contributed by atoms with Gasteiger partial charge in [-0.3, -0.25) is 0 Å². The Kier molecular flexibility index (Phi) is 8.31. The Morgan fingerprint density at radius 2 is 1.52 bits per heavy atom. The molecule has 0 aromatic rings. The van der Waals surface area contributed by atoms with E-state index in [9.17, 15) is 25.5 Å². The summed E-state index contributed by atoms with van der Waals surface area (Å²) in [6.45, 7) is 14.7. The first-order valence-corrected chi connectivity index (χ1v) is 17.4. The smallest absolute Gasteiger partial charge is 0.186 e. The lowest BCUT2D eigenvalue weighted by atomic mass is 9.33. The van der Waals surface area contributed by atoms with Crippen LogP contribution in [0.3, 0.4) is 0 Å². The molecule has 1 heterocycles. The van der Waals surface area contributed by atoms with E-state index < -0.39 is 37.3 Å². The first-order chi connectivity index (χ1) is 20.5. The lowest BCUT2D eigenvalue weighted by molar-refractivity contribution is -0.341. The molecule has 8 heteroatoms. The van der Waals surface area contributed by atoms with Crippen LogP contribution in [0.15, 0.2) is 11.6 Å². The van der Waals surface area contributed by atoms with Gasteiger partial charge in [-0.25, -0.2) is 0 Å². The average Bonchev–Trinajstić information content (AvgIpc) is 2.99. The van der Waals surface area contributed by atoms with Gasteiger partial charge in [0.1, 0.15) is 24.4 Å². The Hall–Kier alpha value is -0.580. The maximum atomic E-state index is 10.8. The van der Waals surface area contributed by atoms with Gasteiger partial charge < -0.3 is 40.1 Å². The molecular formula is C36H60O8.